The van der Waals surface area contributed by atoms with Gasteiger partial charge in [0.1, 0.15) is 11.6 Å². The maximum atomic E-state index is 5.94. The first-order chi connectivity index (χ1) is 12.8. The van der Waals surface area contributed by atoms with Crippen molar-refractivity contribution >= 4 is 23.2 Å². The summed E-state index contributed by atoms with van der Waals surface area (Å²) in [7, 11) is 0. The molecule has 0 atom stereocenters. The minimum Gasteiger partial charge on any atom is -0.370 e. The van der Waals surface area contributed by atoms with E-state index in [0.29, 0.717) is 6.04 Å². The van der Waals surface area contributed by atoms with Crippen LogP contribution < -0.4 is 10.6 Å². The van der Waals surface area contributed by atoms with E-state index in [9.17, 15) is 0 Å². The second-order valence-corrected chi connectivity index (χ2v) is 6.99. The van der Waals surface area contributed by atoms with E-state index >= 15 is 0 Å². The second kappa shape index (κ2) is 7.75. The Bertz CT molecular complexity index is 861. The molecule has 4 rings (SSSR count). The van der Waals surface area contributed by atoms with E-state index in [0.717, 1.165) is 41.0 Å². The molecule has 1 fully saturated rings. The molecule has 1 aliphatic carbocycles. The maximum absolute atomic E-state index is 5.94. The van der Waals surface area contributed by atoms with E-state index in [4.69, 9.17) is 16.6 Å². The molecular formula is C21H21ClN4. The normalized spacial score (nSPS) is 13.4. The fourth-order valence-corrected chi connectivity index (χ4v) is 2.88. The van der Waals surface area contributed by atoms with Gasteiger partial charge < -0.3 is 10.6 Å². The van der Waals surface area contributed by atoms with Crippen LogP contribution in [0, 0.1) is 0 Å². The molecular weight excluding hydrogens is 344 g/mol. The Morgan fingerprint density at radius 3 is 2.38 bits per heavy atom. The zero-order chi connectivity index (χ0) is 17.8. The van der Waals surface area contributed by atoms with Crippen molar-refractivity contribution in [2.45, 2.75) is 25.3 Å². The number of hydrogen-bond acceptors (Lipinski definition) is 4. The van der Waals surface area contributed by atoms with Crippen molar-refractivity contribution in [3.63, 3.8) is 0 Å². The Morgan fingerprint density at radius 2 is 1.65 bits per heavy atom. The SMILES string of the molecule is Clc1ccc(CCNc2cc(NC3CC3)nc(-c3ccccc3)n2)cc1. The molecule has 0 amide bonds. The van der Waals surface area contributed by atoms with Gasteiger partial charge in [-0.25, -0.2) is 9.97 Å². The highest BCUT2D eigenvalue weighted by Gasteiger charge is 2.22. The van der Waals surface area contributed by atoms with Gasteiger partial charge in [-0.15, -0.1) is 0 Å². The summed E-state index contributed by atoms with van der Waals surface area (Å²) in [6, 6.07) is 20.6. The van der Waals surface area contributed by atoms with Crippen LogP contribution in [0.5, 0.6) is 0 Å². The third-order valence-electron chi connectivity index (χ3n) is 4.32. The minimum absolute atomic E-state index is 0.551. The summed E-state index contributed by atoms with van der Waals surface area (Å²) in [5.74, 6) is 2.47. The molecule has 1 aliphatic rings. The molecule has 1 aromatic heterocycles. The van der Waals surface area contributed by atoms with E-state index in [-0.39, 0.29) is 0 Å². The number of aromatic nitrogens is 2. The van der Waals surface area contributed by atoms with Crippen molar-refractivity contribution < 1.29 is 0 Å². The zero-order valence-electron chi connectivity index (χ0n) is 14.5. The molecule has 1 saturated carbocycles. The van der Waals surface area contributed by atoms with Crippen molar-refractivity contribution in [1.29, 1.82) is 0 Å². The summed E-state index contributed by atoms with van der Waals surface area (Å²) < 4.78 is 0. The minimum atomic E-state index is 0.551. The number of benzene rings is 2. The average molecular weight is 365 g/mol. The van der Waals surface area contributed by atoms with Gasteiger partial charge in [0, 0.05) is 29.2 Å². The smallest absolute Gasteiger partial charge is 0.163 e. The van der Waals surface area contributed by atoms with Crippen LogP contribution in [-0.4, -0.2) is 22.6 Å². The van der Waals surface area contributed by atoms with Gasteiger partial charge in [-0.05, 0) is 37.0 Å². The van der Waals surface area contributed by atoms with E-state index < -0.39 is 0 Å². The molecule has 3 aromatic rings. The van der Waals surface area contributed by atoms with E-state index in [1.165, 1.54) is 18.4 Å². The van der Waals surface area contributed by atoms with Crippen molar-refractivity contribution in [3.8, 4) is 11.4 Å². The molecule has 4 nitrogen and oxygen atoms in total. The summed E-state index contributed by atoms with van der Waals surface area (Å²) in [5, 5.41) is 7.67. The Labute approximate surface area is 158 Å². The highest BCUT2D eigenvalue weighted by atomic mass is 35.5. The zero-order valence-corrected chi connectivity index (χ0v) is 15.2. The molecule has 0 bridgehead atoms. The van der Waals surface area contributed by atoms with Crippen LogP contribution in [0.3, 0.4) is 0 Å². The predicted octanol–water partition coefficient (Wildman–Crippen LogP) is 5.03. The standard InChI is InChI=1S/C21H21ClN4/c22-17-8-6-15(7-9-17)12-13-23-19-14-20(24-18-10-11-18)26-21(25-19)16-4-2-1-3-5-16/h1-9,14,18H,10-13H2,(H2,23,24,25,26). The van der Waals surface area contributed by atoms with Crippen LogP contribution in [0.15, 0.2) is 60.7 Å². The van der Waals surface area contributed by atoms with Crippen molar-refractivity contribution in [2.24, 2.45) is 0 Å². The number of anilines is 2. The third-order valence-corrected chi connectivity index (χ3v) is 4.57. The van der Waals surface area contributed by atoms with Crippen LogP contribution in [0.1, 0.15) is 18.4 Å². The fraction of sp³-hybridized carbons (Fsp3) is 0.238. The van der Waals surface area contributed by atoms with Crippen molar-refractivity contribution in [2.75, 3.05) is 17.2 Å². The van der Waals surface area contributed by atoms with Gasteiger partial charge in [-0.2, -0.15) is 0 Å². The monoisotopic (exact) mass is 364 g/mol. The van der Waals surface area contributed by atoms with Crippen LogP contribution in [0.25, 0.3) is 11.4 Å². The van der Waals surface area contributed by atoms with Crippen LogP contribution in [0.4, 0.5) is 11.6 Å². The van der Waals surface area contributed by atoms with Gasteiger partial charge in [0.25, 0.3) is 0 Å². The van der Waals surface area contributed by atoms with E-state index in [1.807, 2.05) is 48.5 Å². The van der Waals surface area contributed by atoms with E-state index in [2.05, 4.69) is 27.8 Å². The Morgan fingerprint density at radius 1 is 0.923 bits per heavy atom. The van der Waals surface area contributed by atoms with Gasteiger partial charge in [-0.1, -0.05) is 54.1 Å². The number of nitrogens with zero attached hydrogens (tertiary/aromatic N) is 2. The molecule has 0 aliphatic heterocycles. The van der Waals surface area contributed by atoms with Gasteiger partial charge in [-0.3, -0.25) is 0 Å². The maximum Gasteiger partial charge on any atom is 0.163 e. The summed E-state index contributed by atoms with van der Waals surface area (Å²) in [4.78, 5) is 9.38. The van der Waals surface area contributed by atoms with Crippen LogP contribution in [-0.2, 0) is 6.42 Å². The summed E-state index contributed by atoms with van der Waals surface area (Å²) in [5.41, 5.74) is 2.27. The van der Waals surface area contributed by atoms with Crippen molar-refractivity contribution in [1.82, 2.24) is 9.97 Å². The number of rotatable bonds is 7. The molecule has 0 saturated heterocycles. The molecule has 26 heavy (non-hydrogen) atoms. The first-order valence-corrected chi connectivity index (χ1v) is 9.33. The molecule has 1 heterocycles. The van der Waals surface area contributed by atoms with Gasteiger partial charge in [0.15, 0.2) is 5.82 Å². The fourth-order valence-electron chi connectivity index (χ4n) is 2.75. The lowest BCUT2D eigenvalue weighted by atomic mass is 10.1. The molecule has 0 radical (unpaired) electrons. The quantitative estimate of drug-likeness (QED) is 0.617. The molecule has 5 heteroatoms. The lowest BCUT2D eigenvalue weighted by molar-refractivity contribution is 0.998. The average Bonchev–Trinajstić information content (AvgIpc) is 3.48. The number of hydrogen-bond donors (Lipinski definition) is 2. The van der Waals surface area contributed by atoms with Gasteiger partial charge in [0.2, 0.25) is 0 Å². The third kappa shape index (κ3) is 4.52. The lowest BCUT2D eigenvalue weighted by Gasteiger charge is -2.11. The number of halogens is 1. The summed E-state index contributed by atoms with van der Waals surface area (Å²) in [6.07, 6.45) is 3.33. The van der Waals surface area contributed by atoms with Crippen LogP contribution >= 0.6 is 11.6 Å². The van der Waals surface area contributed by atoms with Crippen LogP contribution in [0.2, 0.25) is 5.02 Å². The summed E-state index contributed by atoms with van der Waals surface area (Å²) >= 11 is 5.94. The second-order valence-electron chi connectivity index (χ2n) is 6.55. The number of nitrogens with one attached hydrogen (secondary N) is 2. The molecule has 2 aromatic carbocycles. The van der Waals surface area contributed by atoms with E-state index in [1.54, 1.807) is 0 Å². The lowest BCUT2D eigenvalue weighted by Crippen LogP contribution is -2.10. The molecule has 0 spiro atoms. The molecule has 2 N–H and O–H groups in total. The highest BCUT2D eigenvalue weighted by Crippen LogP contribution is 2.26. The van der Waals surface area contributed by atoms with Gasteiger partial charge >= 0.3 is 0 Å². The summed E-state index contributed by atoms with van der Waals surface area (Å²) in [6.45, 7) is 0.801. The van der Waals surface area contributed by atoms with Gasteiger partial charge in [0.05, 0.1) is 0 Å². The Balaban J connectivity index is 1.49. The topological polar surface area (TPSA) is 49.8 Å². The largest absolute Gasteiger partial charge is 0.370 e. The predicted molar refractivity (Wildman–Crippen MR) is 108 cm³/mol. The Kier molecular flexibility index (Phi) is 5.02. The molecule has 132 valence electrons. The molecule has 0 unspecified atom stereocenters. The van der Waals surface area contributed by atoms with Crippen molar-refractivity contribution in [3.05, 3.63) is 71.2 Å². The first-order valence-electron chi connectivity index (χ1n) is 8.96. The Hall–Kier alpha value is -2.59. The highest BCUT2D eigenvalue weighted by molar-refractivity contribution is 6.30. The first kappa shape index (κ1) is 16.9.